The van der Waals surface area contributed by atoms with Gasteiger partial charge in [-0.2, -0.15) is 0 Å². The van der Waals surface area contributed by atoms with E-state index in [2.05, 4.69) is 10.1 Å². The van der Waals surface area contributed by atoms with E-state index in [0.29, 0.717) is 0 Å². The topological polar surface area (TPSA) is 75.6 Å². The molecule has 0 saturated carbocycles. The van der Waals surface area contributed by atoms with E-state index in [9.17, 15) is 22.8 Å². The summed E-state index contributed by atoms with van der Waals surface area (Å²) in [6.07, 6.45) is -4.94. The van der Waals surface area contributed by atoms with Gasteiger partial charge in [0.1, 0.15) is 5.75 Å². The van der Waals surface area contributed by atoms with Crippen molar-refractivity contribution in [2.45, 2.75) is 19.7 Å². The van der Waals surface area contributed by atoms with Gasteiger partial charge in [0.25, 0.3) is 5.91 Å². The van der Waals surface area contributed by atoms with Crippen LogP contribution in [-0.2, 0) is 4.79 Å². The predicted octanol–water partition coefficient (Wildman–Crippen LogP) is 2.43. The van der Waals surface area contributed by atoms with Crippen molar-refractivity contribution in [3.05, 3.63) is 29.8 Å². The molecule has 2 N–H and O–H groups in total. The summed E-state index contributed by atoms with van der Waals surface area (Å²) >= 11 is 0. The molecule has 0 fully saturated rings. The first-order valence-corrected chi connectivity index (χ1v) is 6.03. The highest BCUT2D eigenvalue weighted by Crippen LogP contribution is 2.23. The Morgan fingerprint density at radius 3 is 2.62 bits per heavy atom. The Morgan fingerprint density at radius 1 is 1.38 bits per heavy atom. The van der Waals surface area contributed by atoms with Crippen LogP contribution < -0.4 is 10.1 Å². The minimum atomic E-state index is -4.83. The van der Waals surface area contributed by atoms with Crippen LogP contribution in [0.5, 0.6) is 5.75 Å². The van der Waals surface area contributed by atoms with Crippen molar-refractivity contribution < 1.29 is 32.6 Å². The fourth-order valence-electron chi connectivity index (χ4n) is 1.57. The number of aliphatic carboxylic acids is 1. The van der Waals surface area contributed by atoms with E-state index in [0.717, 1.165) is 12.1 Å². The first-order valence-electron chi connectivity index (χ1n) is 6.03. The van der Waals surface area contributed by atoms with Crippen molar-refractivity contribution >= 4 is 11.9 Å². The van der Waals surface area contributed by atoms with Crippen LogP contribution in [0.2, 0.25) is 0 Å². The number of ether oxygens (including phenoxy) is 1. The molecule has 116 valence electrons. The highest BCUT2D eigenvalue weighted by molar-refractivity contribution is 5.94. The highest BCUT2D eigenvalue weighted by atomic mass is 19.4. The van der Waals surface area contributed by atoms with Crippen molar-refractivity contribution in [2.24, 2.45) is 5.92 Å². The first-order chi connectivity index (χ1) is 9.67. The summed E-state index contributed by atoms with van der Waals surface area (Å²) in [5.74, 6) is -2.37. The van der Waals surface area contributed by atoms with Gasteiger partial charge >= 0.3 is 12.3 Å². The molecule has 0 aliphatic carbocycles. The monoisotopic (exact) mass is 305 g/mol. The molecule has 0 radical (unpaired) electrons. The zero-order valence-electron chi connectivity index (χ0n) is 11.1. The lowest BCUT2D eigenvalue weighted by atomic mass is 10.1. The maximum absolute atomic E-state index is 12.1. The predicted molar refractivity (Wildman–Crippen MR) is 66.9 cm³/mol. The molecule has 0 aliphatic heterocycles. The SMILES string of the molecule is CC(CNC(=O)c1cccc(OC(F)(F)F)c1)CC(=O)O. The normalized spacial score (nSPS) is 12.6. The van der Waals surface area contributed by atoms with Crippen LogP contribution in [0.25, 0.3) is 0 Å². The Morgan fingerprint density at radius 2 is 2.05 bits per heavy atom. The molecule has 5 nitrogen and oxygen atoms in total. The van der Waals surface area contributed by atoms with E-state index in [1.165, 1.54) is 12.1 Å². The molecule has 1 atom stereocenters. The largest absolute Gasteiger partial charge is 0.573 e. The van der Waals surface area contributed by atoms with E-state index >= 15 is 0 Å². The van der Waals surface area contributed by atoms with Gasteiger partial charge in [-0.25, -0.2) is 0 Å². The summed E-state index contributed by atoms with van der Waals surface area (Å²) in [6.45, 7) is 1.74. The summed E-state index contributed by atoms with van der Waals surface area (Å²) in [5, 5.41) is 11.0. The number of carbonyl (C=O) groups is 2. The van der Waals surface area contributed by atoms with Crippen molar-refractivity contribution in [3.8, 4) is 5.75 Å². The summed E-state index contributed by atoms with van der Waals surface area (Å²) in [5.41, 5.74) is -0.000671. The number of carbonyl (C=O) groups excluding carboxylic acids is 1. The van der Waals surface area contributed by atoms with Crippen LogP contribution in [0.15, 0.2) is 24.3 Å². The summed E-state index contributed by atoms with van der Waals surface area (Å²) in [6, 6.07) is 4.64. The molecule has 1 aromatic carbocycles. The minimum Gasteiger partial charge on any atom is -0.481 e. The van der Waals surface area contributed by atoms with Crippen LogP contribution in [0, 0.1) is 5.92 Å². The van der Waals surface area contributed by atoms with Gasteiger partial charge in [0, 0.05) is 18.5 Å². The number of hydrogen-bond acceptors (Lipinski definition) is 3. The summed E-state index contributed by atoms with van der Waals surface area (Å²) in [7, 11) is 0. The standard InChI is InChI=1S/C13H14F3NO4/c1-8(5-11(18)19)7-17-12(20)9-3-2-4-10(6-9)21-13(14,15)16/h2-4,6,8H,5,7H2,1H3,(H,17,20)(H,18,19). The van der Waals surface area contributed by atoms with E-state index in [1.807, 2.05) is 0 Å². The van der Waals surface area contributed by atoms with E-state index in [1.54, 1.807) is 6.92 Å². The van der Waals surface area contributed by atoms with Gasteiger partial charge < -0.3 is 15.2 Å². The van der Waals surface area contributed by atoms with Crippen LogP contribution in [0.4, 0.5) is 13.2 Å². The van der Waals surface area contributed by atoms with Gasteiger partial charge in [-0.3, -0.25) is 9.59 Å². The van der Waals surface area contributed by atoms with Crippen molar-refractivity contribution in [1.82, 2.24) is 5.32 Å². The number of halogens is 3. The average Bonchev–Trinajstić information content (AvgIpc) is 2.33. The van der Waals surface area contributed by atoms with Crippen LogP contribution >= 0.6 is 0 Å². The van der Waals surface area contributed by atoms with Crippen LogP contribution in [-0.4, -0.2) is 29.9 Å². The van der Waals surface area contributed by atoms with E-state index in [4.69, 9.17) is 5.11 Å². The molecule has 1 amide bonds. The fourth-order valence-corrected chi connectivity index (χ4v) is 1.57. The number of hydrogen-bond donors (Lipinski definition) is 2. The maximum Gasteiger partial charge on any atom is 0.573 e. The lowest BCUT2D eigenvalue weighted by Crippen LogP contribution is -2.29. The Hall–Kier alpha value is -2.25. The summed E-state index contributed by atoms with van der Waals surface area (Å²) in [4.78, 5) is 22.2. The van der Waals surface area contributed by atoms with Gasteiger partial charge in [0.15, 0.2) is 0 Å². The number of alkyl halides is 3. The van der Waals surface area contributed by atoms with Crippen molar-refractivity contribution in [3.63, 3.8) is 0 Å². The highest BCUT2D eigenvalue weighted by Gasteiger charge is 2.31. The van der Waals surface area contributed by atoms with Crippen LogP contribution in [0.1, 0.15) is 23.7 Å². The zero-order valence-corrected chi connectivity index (χ0v) is 11.1. The Kier molecular flexibility index (Phi) is 5.57. The molecule has 1 unspecified atom stereocenters. The molecule has 21 heavy (non-hydrogen) atoms. The average molecular weight is 305 g/mol. The smallest absolute Gasteiger partial charge is 0.481 e. The van der Waals surface area contributed by atoms with E-state index < -0.39 is 24.0 Å². The first kappa shape index (κ1) is 16.8. The number of rotatable bonds is 6. The second kappa shape index (κ2) is 6.96. The Balaban J connectivity index is 2.62. The minimum absolute atomic E-state index is 0.000671. The molecule has 0 spiro atoms. The molecule has 0 aliphatic rings. The number of carboxylic acid groups (broad SMARTS) is 1. The van der Waals surface area contributed by atoms with Crippen LogP contribution in [0.3, 0.4) is 0 Å². The second-order valence-electron chi connectivity index (χ2n) is 4.49. The van der Waals surface area contributed by atoms with Crippen molar-refractivity contribution in [2.75, 3.05) is 6.54 Å². The van der Waals surface area contributed by atoms with Gasteiger partial charge in [-0.05, 0) is 24.1 Å². The van der Waals surface area contributed by atoms with Gasteiger partial charge in [-0.15, -0.1) is 13.2 Å². The second-order valence-corrected chi connectivity index (χ2v) is 4.49. The van der Waals surface area contributed by atoms with Crippen molar-refractivity contribution in [1.29, 1.82) is 0 Å². The number of nitrogens with one attached hydrogen (secondary N) is 1. The molecule has 0 aromatic heterocycles. The zero-order chi connectivity index (χ0) is 16.0. The Labute approximate surface area is 118 Å². The summed E-state index contributed by atoms with van der Waals surface area (Å²) < 4.78 is 39.9. The molecule has 0 heterocycles. The molecule has 1 rings (SSSR count). The lowest BCUT2D eigenvalue weighted by Gasteiger charge is -2.12. The van der Waals surface area contributed by atoms with Gasteiger partial charge in [-0.1, -0.05) is 13.0 Å². The fraction of sp³-hybridized carbons (Fsp3) is 0.385. The molecule has 0 saturated heterocycles. The molecule has 8 heteroatoms. The molecular weight excluding hydrogens is 291 g/mol. The number of amides is 1. The maximum atomic E-state index is 12.1. The third-order valence-electron chi connectivity index (χ3n) is 2.46. The number of benzene rings is 1. The number of carboxylic acids is 1. The van der Waals surface area contributed by atoms with Gasteiger partial charge in [0.05, 0.1) is 0 Å². The Bertz CT molecular complexity index is 516. The molecule has 0 bridgehead atoms. The molecular formula is C13H14F3NO4. The van der Waals surface area contributed by atoms with E-state index in [-0.39, 0.29) is 24.4 Å². The lowest BCUT2D eigenvalue weighted by molar-refractivity contribution is -0.274. The quantitative estimate of drug-likeness (QED) is 0.846. The third kappa shape index (κ3) is 6.64. The van der Waals surface area contributed by atoms with Gasteiger partial charge in [0.2, 0.25) is 0 Å². The molecule has 1 aromatic rings. The third-order valence-corrected chi connectivity index (χ3v) is 2.46.